The number of carbonyl (C=O) groups is 1. The van der Waals surface area contributed by atoms with Gasteiger partial charge in [-0.1, -0.05) is 18.2 Å². The van der Waals surface area contributed by atoms with Crippen LogP contribution >= 0.6 is 0 Å². The third-order valence-corrected chi connectivity index (χ3v) is 2.38. The zero-order valence-corrected chi connectivity index (χ0v) is 8.34. The molecule has 0 bridgehead atoms. The number of carboxylic acids is 1. The van der Waals surface area contributed by atoms with E-state index < -0.39 is 5.97 Å². The number of hydrogen-bond acceptors (Lipinski definition) is 1. The summed E-state index contributed by atoms with van der Waals surface area (Å²) in [4.78, 5) is 11.0. The molecule has 2 aromatic rings. The fourth-order valence-electron chi connectivity index (χ4n) is 1.63. The molecule has 0 saturated heterocycles. The number of nitrogens with zero attached hydrogens (tertiary/aromatic N) is 1. The third-order valence-electron chi connectivity index (χ3n) is 2.38. The molecule has 0 aliphatic rings. The molecule has 0 aliphatic carbocycles. The van der Waals surface area contributed by atoms with E-state index in [9.17, 15) is 4.79 Å². The minimum Gasteiger partial charge on any atom is -0.478 e. The van der Waals surface area contributed by atoms with Gasteiger partial charge in [0.1, 0.15) is 0 Å². The van der Waals surface area contributed by atoms with E-state index in [0.717, 1.165) is 11.3 Å². The van der Waals surface area contributed by atoms with Crippen LogP contribution in [0.15, 0.2) is 42.6 Å². The molecule has 1 heterocycles. The lowest BCUT2D eigenvalue weighted by molar-refractivity contribution is 0.0697. The Morgan fingerprint density at radius 3 is 2.53 bits per heavy atom. The fourth-order valence-corrected chi connectivity index (χ4v) is 1.63. The van der Waals surface area contributed by atoms with Crippen molar-refractivity contribution in [3.8, 4) is 11.3 Å². The smallest absolute Gasteiger partial charge is 0.336 e. The van der Waals surface area contributed by atoms with Gasteiger partial charge in [0, 0.05) is 24.5 Å². The number of rotatable bonds is 2. The summed E-state index contributed by atoms with van der Waals surface area (Å²) >= 11 is 0. The van der Waals surface area contributed by atoms with Crippen molar-refractivity contribution >= 4 is 5.97 Å². The molecule has 1 aromatic heterocycles. The normalized spacial score (nSPS) is 10.2. The zero-order chi connectivity index (χ0) is 10.8. The lowest BCUT2D eigenvalue weighted by Gasteiger charge is -2.06. The Morgan fingerprint density at radius 1 is 1.20 bits per heavy atom. The van der Waals surface area contributed by atoms with Gasteiger partial charge in [-0.3, -0.25) is 0 Å². The molecule has 0 atom stereocenters. The van der Waals surface area contributed by atoms with Crippen LogP contribution in [-0.2, 0) is 7.05 Å². The van der Waals surface area contributed by atoms with E-state index in [4.69, 9.17) is 5.11 Å². The monoisotopic (exact) mass is 201 g/mol. The largest absolute Gasteiger partial charge is 0.478 e. The highest BCUT2D eigenvalue weighted by atomic mass is 16.4. The van der Waals surface area contributed by atoms with Gasteiger partial charge in [0.05, 0.1) is 5.56 Å². The maximum Gasteiger partial charge on any atom is 0.336 e. The summed E-state index contributed by atoms with van der Waals surface area (Å²) in [5, 5.41) is 9.05. The van der Waals surface area contributed by atoms with Crippen molar-refractivity contribution in [3.63, 3.8) is 0 Å². The van der Waals surface area contributed by atoms with Crippen LogP contribution in [0, 0.1) is 0 Å². The average molecular weight is 201 g/mol. The second-order valence-electron chi connectivity index (χ2n) is 3.36. The van der Waals surface area contributed by atoms with E-state index in [1.54, 1.807) is 12.1 Å². The Labute approximate surface area is 87.6 Å². The van der Waals surface area contributed by atoms with Crippen LogP contribution in [0.1, 0.15) is 10.4 Å². The third kappa shape index (κ3) is 1.64. The van der Waals surface area contributed by atoms with Crippen LogP contribution in [0.2, 0.25) is 0 Å². The molecular formula is C12H11NO2. The molecule has 3 heteroatoms. The van der Waals surface area contributed by atoms with Crippen LogP contribution < -0.4 is 0 Å². The maximum absolute atomic E-state index is 11.0. The van der Waals surface area contributed by atoms with Gasteiger partial charge in [-0.05, 0) is 18.2 Å². The van der Waals surface area contributed by atoms with Crippen LogP contribution in [-0.4, -0.2) is 15.6 Å². The van der Waals surface area contributed by atoms with Crippen molar-refractivity contribution in [1.29, 1.82) is 0 Å². The Balaban J connectivity index is 2.63. The lowest BCUT2D eigenvalue weighted by Crippen LogP contribution is -2.01. The topological polar surface area (TPSA) is 42.2 Å². The Kier molecular flexibility index (Phi) is 2.29. The van der Waals surface area contributed by atoms with Crippen molar-refractivity contribution < 1.29 is 9.90 Å². The molecule has 3 nitrogen and oxygen atoms in total. The molecule has 15 heavy (non-hydrogen) atoms. The highest BCUT2D eigenvalue weighted by molar-refractivity contribution is 5.95. The predicted octanol–water partition coefficient (Wildman–Crippen LogP) is 2.39. The minimum atomic E-state index is -0.896. The number of hydrogen-bond donors (Lipinski definition) is 1. The zero-order valence-electron chi connectivity index (χ0n) is 8.34. The number of aromatic carboxylic acids is 1. The molecule has 0 amide bonds. The molecular weight excluding hydrogens is 190 g/mol. The van der Waals surface area contributed by atoms with E-state index in [1.807, 2.05) is 42.1 Å². The van der Waals surface area contributed by atoms with Crippen molar-refractivity contribution in [3.05, 3.63) is 48.2 Å². The van der Waals surface area contributed by atoms with Gasteiger partial charge in [0.15, 0.2) is 0 Å². The second-order valence-corrected chi connectivity index (χ2v) is 3.36. The van der Waals surface area contributed by atoms with Crippen LogP contribution in [0.4, 0.5) is 0 Å². The minimum absolute atomic E-state index is 0.333. The summed E-state index contributed by atoms with van der Waals surface area (Å²) < 4.78 is 1.90. The average Bonchev–Trinajstić information content (AvgIpc) is 2.64. The molecule has 0 saturated carbocycles. The number of carboxylic acid groups (broad SMARTS) is 1. The Morgan fingerprint density at radius 2 is 1.93 bits per heavy atom. The lowest BCUT2D eigenvalue weighted by atomic mass is 10.0. The molecule has 0 unspecified atom stereocenters. The highest BCUT2D eigenvalue weighted by Crippen LogP contribution is 2.23. The number of aryl methyl sites for hydroxylation is 1. The first-order valence-electron chi connectivity index (χ1n) is 4.64. The summed E-state index contributed by atoms with van der Waals surface area (Å²) in [6.07, 6.45) is 1.90. The van der Waals surface area contributed by atoms with Gasteiger partial charge < -0.3 is 9.67 Å². The van der Waals surface area contributed by atoms with E-state index >= 15 is 0 Å². The predicted molar refractivity (Wildman–Crippen MR) is 57.8 cm³/mol. The van der Waals surface area contributed by atoms with E-state index in [2.05, 4.69) is 0 Å². The Bertz CT molecular complexity index is 500. The molecule has 76 valence electrons. The van der Waals surface area contributed by atoms with Crippen LogP contribution in [0.3, 0.4) is 0 Å². The van der Waals surface area contributed by atoms with Crippen molar-refractivity contribution in [2.24, 2.45) is 7.05 Å². The van der Waals surface area contributed by atoms with Gasteiger partial charge in [0.2, 0.25) is 0 Å². The van der Waals surface area contributed by atoms with Crippen molar-refractivity contribution in [2.75, 3.05) is 0 Å². The summed E-state index contributed by atoms with van der Waals surface area (Å²) in [5.74, 6) is -0.896. The molecule has 0 radical (unpaired) electrons. The summed E-state index contributed by atoms with van der Waals surface area (Å²) in [7, 11) is 1.90. The summed E-state index contributed by atoms with van der Waals surface area (Å²) in [6.45, 7) is 0. The molecule has 0 spiro atoms. The molecule has 0 fully saturated rings. The fraction of sp³-hybridized carbons (Fsp3) is 0.0833. The summed E-state index contributed by atoms with van der Waals surface area (Å²) in [5.41, 5.74) is 1.99. The first-order valence-corrected chi connectivity index (χ1v) is 4.64. The van der Waals surface area contributed by atoms with Gasteiger partial charge >= 0.3 is 5.97 Å². The number of benzene rings is 1. The first kappa shape index (κ1) is 9.52. The first-order chi connectivity index (χ1) is 7.20. The molecule has 2 rings (SSSR count). The van der Waals surface area contributed by atoms with E-state index in [1.165, 1.54) is 0 Å². The quantitative estimate of drug-likeness (QED) is 0.810. The molecule has 1 N–H and O–H groups in total. The van der Waals surface area contributed by atoms with E-state index in [0.29, 0.717) is 5.56 Å². The molecule has 0 aliphatic heterocycles. The van der Waals surface area contributed by atoms with Crippen LogP contribution in [0.5, 0.6) is 0 Å². The second kappa shape index (κ2) is 3.61. The SMILES string of the molecule is Cn1cccc1-c1ccccc1C(=O)O. The number of aromatic nitrogens is 1. The van der Waals surface area contributed by atoms with E-state index in [-0.39, 0.29) is 0 Å². The maximum atomic E-state index is 11.0. The van der Waals surface area contributed by atoms with Gasteiger partial charge in [-0.2, -0.15) is 0 Å². The Hall–Kier alpha value is -2.03. The highest BCUT2D eigenvalue weighted by Gasteiger charge is 2.11. The molecule has 1 aromatic carbocycles. The van der Waals surface area contributed by atoms with Gasteiger partial charge in [0.25, 0.3) is 0 Å². The standard InChI is InChI=1S/C12H11NO2/c1-13-8-4-7-11(13)9-5-2-3-6-10(9)12(14)15/h2-8H,1H3,(H,14,15). The van der Waals surface area contributed by atoms with Gasteiger partial charge in [-0.15, -0.1) is 0 Å². The van der Waals surface area contributed by atoms with Crippen molar-refractivity contribution in [1.82, 2.24) is 4.57 Å². The van der Waals surface area contributed by atoms with Crippen LogP contribution in [0.25, 0.3) is 11.3 Å². The van der Waals surface area contributed by atoms with Gasteiger partial charge in [-0.25, -0.2) is 4.79 Å². The van der Waals surface area contributed by atoms with Crippen molar-refractivity contribution in [2.45, 2.75) is 0 Å². The summed E-state index contributed by atoms with van der Waals surface area (Å²) in [6, 6.07) is 10.8.